The maximum absolute atomic E-state index is 5.16. The molecular formula is C7H16O2S. The summed E-state index contributed by atoms with van der Waals surface area (Å²) in [5.74, 6) is 0. The van der Waals surface area contributed by atoms with Gasteiger partial charge >= 0.3 is 0 Å². The molecule has 0 heterocycles. The summed E-state index contributed by atoms with van der Waals surface area (Å²) in [5.41, 5.74) is 0.0385. The Morgan fingerprint density at radius 1 is 1.40 bits per heavy atom. The van der Waals surface area contributed by atoms with Crippen molar-refractivity contribution in [3.8, 4) is 0 Å². The van der Waals surface area contributed by atoms with Crippen LogP contribution in [0.25, 0.3) is 0 Å². The van der Waals surface area contributed by atoms with Crippen LogP contribution < -0.4 is 0 Å². The van der Waals surface area contributed by atoms with Gasteiger partial charge < -0.3 is 9.47 Å². The van der Waals surface area contributed by atoms with Crippen LogP contribution in [-0.4, -0.2) is 18.8 Å². The summed E-state index contributed by atoms with van der Waals surface area (Å²) in [6, 6.07) is 0. The van der Waals surface area contributed by atoms with E-state index in [0.717, 1.165) is 12.8 Å². The molecular weight excluding hydrogens is 148 g/mol. The van der Waals surface area contributed by atoms with Gasteiger partial charge in [0, 0.05) is 6.61 Å². The third kappa shape index (κ3) is 6.39. The highest BCUT2D eigenvalue weighted by Crippen LogP contribution is 2.05. The maximum Gasteiger partial charge on any atom is 0.148 e. The van der Waals surface area contributed by atoms with Gasteiger partial charge in [-0.05, 0) is 13.3 Å². The molecule has 0 aliphatic carbocycles. The molecule has 0 aliphatic heterocycles. The Labute approximate surface area is 68.3 Å². The van der Waals surface area contributed by atoms with Gasteiger partial charge in [-0.1, -0.05) is 13.3 Å². The van der Waals surface area contributed by atoms with E-state index in [1.807, 2.05) is 6.92 Å². The predicted octanol–water partition coefficient (Wildman–Crippen LogP) is 2.05. The van der Waals surface area contributed by atoms with Gasteiger partial charge in [0.2, 0.25) is 0 Å². The maximum atomic E-state index is 5.16. The Morgan fingerprint density at radius 3 is 2.60 bits per heavy atom. The average Bonchev–Trinajstić information content (AvgIpc) is 1.89. The van der Waals surface area contributed by atoms with Crippen molar-refractivity contribution in [3.05, 3.63) is 0 Å². The molecule has 0 aliphatic rings. The van der Waals surface area contributed by atoms with Gasteiger partial charge in [-0.15, -0.1) is 12.6 Å². The molecule has 0 aromatic carbocycles. The van der Waals surface area contributed by atoms with Crippen LogP contribution in [-0.2, 0) is 9.47 Å². The molecule has 0 N–H and O–H groups in total. The first-order valence-corrected chi connectivity index (χ1v) is 4.20. The highest BCUT2D eigenvalue weighted by Gasteiger charge is 1.98. The van der Waals surface area contributed by atoms with Crippen LogP contribution in [0, 0.1) is 0 Å². The Balaban J connectivity index is 2.97. The SMILES string of the molecule is CCCC(S)OCOCC. The zero-order valence-corrected chi connectivity index (χ0v) is 7.56. The Kier molecular flexibility index (Phi) is 7.58. The monoisotopic (exact) mass is 164 g/mol. The van der Waals surface area contributed by atoms with Crippen molar-refractivity contribution in [2.24, 2.45) is 0 Å². The largest absolute Gasteiger partial charge is 0.356 e. The van der Waals surface area contributed by atoms with Gasteiger partial charge in [0.15, 0.2) is 0 Å². The summed E-state index contributed by atoms with van der Waals surface area (Å²) in [4.78, 5) is 0. The lowest BCUT2D eigenvalue weighted by atomic mass is 10.4. The van der Waals surface area contributed by atoms with E-state index in [2.05, 4.69) is 19.6 Å². The van der Waals surface area contributed by atoms with E-state index in [9.17, 15) is 0 Å². The van der Waals surface area contributed by atoms with E-state index in [0.29, 0.717) is 13.4 Å². The lowest BCUT2D eigenvalue weighted by Gasteiger charge is -2.09. The van der Waals surface area contributed by atoms with Crippen LogP contribution >= 0.6 is 12.6 Å². The van der Waals surface area contributed by atoms with Gasteiger partial charge in [-0.25, -0.2) is 0 Å². The van der Waals surface area contributed by atoms with Crippen molar-refractivity contribution in [1.29, 1.82) is 0 Å². The number of thiol groups is 1. The fourth-order valence-electron chi connectivity index (χ4n) is 0.540. The van der Waals surface area contributed by atoms with Crippen molar-refractivity contribution in [3.63, 3.8) is 0 Å². The normalized spacial score (nSPS) is 13.5. The van der Waals surface area contributed by atoms with E-state index in [1.165, 1.54) is 0 Å². The van der Waals surface area contributed by atoms with Crippen LogP contribution in [0.2, 0.25) is 0 Å². The molecule has 0 rings (SSSR count). The minimum absolute atomic E-state index is 0.0385. The third-order valence-electron chi connectivity index (χ3n) is 1.08. The van der Waals surface area contributed by atoms with Gasteiger partial charge in [-0.2, -0.15) is 0 Å². The molecule has 0 aromatic rings. The van der Waals surface area contributed by atoms with Gasteiger partial charge in [0.25, 0.3) is 0 Å². The van der Waals surface area contributed by atoms with Gasteiger partial charge in [0.1, 0.15) is 12.2 Å². The predicted molar refractivity (Wildman–Crippen MR) is 45.3 cm³/mol. The highest BCUT2D eigenvalue weighted by atomic mass is 32.1. The van der Waals surface area contributed by atoms with E-state index < -0.39 is 0 Å². The number of hydrogen-bond donors (Lipinski definition) is 1. The lowest BCUT2D eigenvalue weighted by Crippen LogP contribution is -2.08. The smallest absolute Gasteiger partial charge is 0.148 e. The van der Waals surface area contributed by atoms with Crippen molar-refractivity contribution >= 4 is 12.6 Å². The Bertz CT molecular complexity index is 68.6. The van der Waals surface area contributed by atoms with Crippen LogP contribution in [0.4, 0.5) is 0 Å². The van der Waals surface area contributed by atoms with Crippen molar-refractivity contribution in [1.82, 2.24) is 0 Å². The van der Waals surface area contributed by atoms with Crippen LogP contribution in [0.5, 0.6) is 0 Å². The van der Waals surface area contributed by atoms with Gasteiger partial charge in [0.05, 0.1) is 0 Å². The molecule has 0 saturated carbocycles. The number of hydrogen-bond acceptors (Lipinski definition) is 3. The summed E-state index contributed by atoms with van der Waals surface area (Å²) in [6.45, 7) is 5.11. The minimum Gasteiger partial charge on any atom is -0.356 e. The molecule has 2 nitrogen and oxygen atoms in total. The quantitative estimate of drug-likeness (QED) is 0.368. The Morgan fingerprint density at radius 2 is 2.10 bits per heavy atom. The van der Waals surface area contributed by atoms with Crippen LogP contribution in [0.1, 0.15) is 26.7 Å². The molecule has 10 heavy (non-hydrogen) atoms. The van der Waals surface area contributed by atoms with E-state index >= 15 is 0 Å². The van der Waals surface area contributed by atoms with Crippen LogP contribution in [0.15, 0.2) is 0 Å². The molecule has 0 bridgehead atoms. The minimum atomic E-state index is 0.0385. The second-order valence-corrected chi connectivity index (χ2v) is 2.60. The average molecular weight is 164 g/mol. The van der Waals surface area contributed by atoms with Crippen LogP contribution in [0.3, 0.4) is 0 Å². The first-order chi connectivity index (χ1) is 4.81. The molecule has 1 atom stereocenters. The van der Waals surface area contributed by atoms with Crippen molar-refractivity contribution < 1.29 is 9.47 Å². The fourth-order valence-corrected chi connectivity index (χ4v) is 0.859. The number of rotatable bonds is 6. The first kappa shape index (κ1) is 10.3. The van der Waals surface area contributed by atoms with E-state index in [-0.39, 0.29) is 5.44 Å². The second-order valence-electron chi connectivity index (χ2n) is 2.02. The zero-order valence-electron chi connectivity index (χ0n) is 6.67. The summed E-state index contributed by atoms with van der Waals surface area (Å²) in [6.07, 6.45) is 2.08. The molecule has 0 amide bonds. The fraction of sp³-hybridized carbons (Fsp3) is 1.00. The summed E-state index contributed by atoms with van der Waals surface area (Å²) in [5, 5.41) is 0. The summed E-state index contributed by atoms with van der Waals surface area (Å²) < 4.78 is 10.1. The zero-order chi connectivity index (χ0) is 7.82. The highest BCUT2D eigenvalue weighted by molar-refractivity contribution is 7.80. The second kappa shape index (κ2) is 7.38. The van der Waals surface area contributed by atoms with E-state index in [1.54, 1.807) is 0 Å². The Hall–Kier alpha value is 0.270. The standard InChI is InChI=1S/C7H16O2S/c1-3-5-7(10)9-6-8-4-2/h7,10H,3-6H2,1-2H3. The van der Waals surface area contributed by atoms with E-state index in [4.69, 9.17) is 9.47 Å². The summed E-state index contributed by atoms with van der Waals surface area (Å²) >= 11 is 4.18. The molecule has 0 fully saturated rings. The molecule has 0 saturated heterocycles. The topological polar surface area (TPSA) is 18.5 Å². The number of ether oxygens (including phenoxy) is 2. The molecule has 1 unspecified atom stereocenters. The van der Waals surface area contributed by atoms with Crippen molar-refractivity contribution in [2.75, 3.05) is 13.4 Å². The third-order valence-corrected chi connectivity index (χ3v) is 1.49. The molecule has 0 spiro atoms. The molecule has 0 aromatic heterocycles. The molecule has 62 valence electrons. The molecule has 3 heteroatoms. The summed E-state index contributed by atoms with van der Waals surface area (Å²) in [7, 11) is 0. The first-order valence-electron chi connectivity index (χ1n) is 3.68. The van der Waals surface area contributed by atoms with Gasteiger partial charge in [-0.3, -0.25) is 0 Å². The van der Waals surface area contributed by atoms with Crippen molar-refractivity contribution in [2.45, 2.75) is 32.1 Å². The lowest BCUT2D eigenvalue weighted by molar-refractivity contribution is -0.0604. The molecule has 0 radical (unpaired) electrons.